The fourth-order valence-corrected chi connectivity index (χ4v) is 3.38. The van der Waals surface area contributed by atoms with Crippen molar-refractivity contribution in [3.05, 3.63) is 43.0 Å². The standard InChI is InChI=1S/C18H30O3S.C3H4O2.Na/c1-2-3-4-5-6-7-8-9-10-14-17-21-22(19,20)18-15-12-11-13-16-18;1-2-3(4)5;/h11-13,15-16H,2-10,14,17H2,1H3;2H,1H2,(H,4,5);/q;;+1/p-1. The molecule has 0 N–H and O–H groups in total. The Labute approximate surface area is 193 Å². The van der Waals surface area contributed by atoms with Gasteiger partial charge < -0.3 is 9.90 Å². The van der Waals surface area contributed by atoms with Gasteiger partial charge in [0.25, 0.3) is 10.1 Å². The van der Waals surface area contributed by atoms with E-state index in [4.69, 9.17) is 14.1 Å². The van der Waals surface area contributed by atoms with Gasteiger partial charge in [-0.25, -0.2) is 0 Å². The number of carbonyl (C=O) groups excluding carboxylic acids is 1. The minimum absolute atomic E-state index is 0. The Bertz CT molecular complexity index is 602. The van der Waals surface area contributed by atoms with Crippen LogP contribution in [0.3, 0.4) is 0 Å². The van der Waals surface area contributed by atoms with Gasteiger partial charge in [-0.3, -0.25) is 4.18 Å². The number of aliphatic carboxylic acids is 1. The van der Waals surface area contributed by atoms with Crippen LogP contribution in [-0.4, -0.2) is 21.0 Å². The zero-order valence-corrected chi connectivity index (χ0v) is 20.2. The Morgan fingerprint density at radius 3 is 1.82 bits per heavy atom. The van der Waals surface area contributed by atoms with Gasteiger partial charge in [0.05, 0.1) is 17.5 Å². The second-order valence-electron chi connectivity index (χ2n) is 6.29. The molecule has 0 aromatic heterocycles. The van der Waals surface area contributed by atoms with E-state index in [9.17, 15) is 8.42 Å². The van der Waals surface area contributed by atoms with Crippen LogP contribution >= 0.6 is 0 Å². The molecule has 0 atom stereocenters. The van der Waals surface area contributed by atoms with Gasteiger partial charge in [-0.2, -0.15) is 8.42 Å². The van der Waals surface area contributed by atoms with Crippen molar-refractivity contribution in [1.82, 2.24) is 0 Å². The first-order valence-electron chi connectivity index (χ1n) is 9.72. The minimum Gasteiger partial charge on any atom is -0.545 e. The van der Waals surface area contributed by atoms with Crippen molar-refractivity contribution in [2.24, 2.45) is 0 Å². The molecule has 0 heterocycles. The topological polar surface area (TPSA) is 83.5 Å². The smallest absolute Gasteiger partial charge is 0.545 e. The minimum atomic E-state index is -3.57. The van der Waals surface area contributed by atoms with Crippen LogP contribution in [0.2, 0.25) is 0 Å². The number of benzene rings is 1. The molecule has 154 valence electrons. The SMILES string of the molecule is C=CC(=O)[O-].CCCCCCCCCCCCOS(=O)(=O)c1ccccc1.[Na+]. The predicted octanol–water partition coefficient (Wildman–Crippen LogP) is 1.24. The largest absolute Gasteiger partial charge is 1.00 e. The number of carboxylic acids is 1. The van der Waals surface area contributed by atoms with E-state index in [1.54, 1.807) is 30.3 Å². The summed E-state index contributed by atoms with van der Waals surface area (Å²) in [5.41, 5.74) is 0. The first-order valence-corrected chi connectivity index (χ1v) is 11.1. The monoisotopic (exact) mass is 420 g/mol. The van der Waals surface area contributed by atoms with E-state index >= 15 is 0 Å². The third-order valence-electron chi connectivity index (χ3n) is 3.93. The summed E-state index contributed by atoms with van der Waals surface area (Å²) in [5.74, 6) is -1.23. The molecule has 0 saturated carbocycles. The molecule has 1 aromatic carbocycles. The van der Waals surface area contributed by atoms with E-state index in [-0.39, 0.29) is 41.1 Å². The zero-order valence-electron chi connectivity index (χ0n) is 17.4. The van der Waals surface area contributed by atoms with Crippen LogP contribution in [0, 0.1) is 0 Å². The van der Waals surface area contributed by atoms with E-state index < -0.39 is 16.1 Å². The molecule has 7 heteroatoms. The van der Waals surface area contributed by atoms with Crippen molar-refractivity contribution in [2.75, 3.05) is 6.61 Å². The molecule has 28 heavy (non-hydrogen) atoms. The molecule has 5 nitrogen and oxygen atoms in total. The van der Waals surface area contributed by atoms with Gasteiger partial charge in [-0.15, -0.1) is 0 Å². The number of unbranched alkanes of at least 4 members (excludes halogenated alkanes) is 9. The third-order valence-corrected chi connectivity index (χ3v) is 5.26. The average molecular weight is 421 g/mol. The number of rotatable bonds is 14. The number of carbonyl (C=O) groups is 1. The van der Waals surface area contributed by atoms with Gasteiger partial charge >= 0.3 is 29.6 Å². The summed E-state index contributed by atoms with van der Waals surface area (Å²) in [5, 5.41) is 9.14. The van der Waals surface area contributed by atoms with Gasteiger partial charge in [-0.1, -0.05) is 89.5 Å². The first kappa shape index (κ1) is 29.5. The molecule has 1 aromatic rings. The quantitative estimate of drug-likeness (QED) is 0.196. The first-order chi connectivity index (χ1) is 12.9. The number of hydrogen-bond acceptors (Lipinski definition) is 5. The fraction of sp³-hybridized carbons (Fsp3) is 0.571. The van der Waals surface area contributed by atoms with Crippen molar-refractivity contribution >= 4 is 16.1 Å². The molecule has 0 unspecified atom stereocenters. The van der Waals surface area contributed by atoms with Gasteiger partial charge in [-0.05, 0) is 24.6 Å². The average Bonchev–Trinajstić information content (AvgIpc) is 2.67. The molecule has 0 aliphatic rings. The van der Waals surface area contributed by atoms with E-state index in [2.05, 4.69) is 13.5 Å². The summed E-state index contributed by atoms with van der Waals surface area (Å²) in [4.78, 5) is 9.38. The molecule has 0 radical (unpaired) electrons. The van der Waals surface area contributed by atoms with Crippen LogP contribution in [0.1, 0.15) is 71.1 Å². The van der Waals surface area contributed by atoms with E-state index in [1.807, 2.05) is 0 Å². The van der Waals surface area contributed by atoms with Crippen molar-refractivity contribution < 1.29 is 52.1 Å². The van der Waals surface area contributed by atoms with Crippen molar-refractivity contribution in [3.8, 4) is 0 Å². The molecule has 0 amide bonds. The van der Waals surface area contributed by atoms with Gasteiger partial charge in [0.2, 0.25) is 0 Å². The van der Waals surface area contributed by atoms with Crippen LogP contribution in [-0.2, 0) is 19.1 Å². The fourth-order valence-electron chi connectivity index (χ4n) is 2.41. The summed E-state index contributed by atoms with van der Waals surface area (Å²) < 4.78 is 28.8. The summed E-state index contributed by atoms with van der Waals surface area (Å²) in [6, 6.07) is 8.33. The van der Waals surface area contributed by atoms with E-state index in [1.165, 1.54) is 51.4 Å². The molecule has 0 fully saturated rings. The summed E-state index contributed by atoms with van der Waals surface area (Å²) in [7, 11) is -3.57. The Balaban J connectivity index is 0. The van der Waals surface area contributed by atoms with Gasteiger partial charge in [0.15, 0.2) is 0 Å². The molecule has 0 bridgehead atoms. The summed E-state index contributed by atoms with van der Waals surface area (Å²) in [6.07, 6.45) is 13.0. The maximum Gasteiger partial charge on any atom is 1.00 e. The van der Waals surface area contributed by atoms with Crippen LogP contribution in [0.15, 0.2) is 47.9 Å². The van der Waals surface area contributed by atoms with Gasteiger partial charge in [0.1, 0.15) is 0 Å². The van der Waals surface area contributed by atoms with Crippen LogP contribution in [0.4, 0.5) is 0 Å². The molecule has 0 aliphatic carbocycles. The second-order valence-corrected chi connectivity index (χ2v) is 7.91. The molecule has 0 aliphatic heterocycles. The normalized spacial score (nSPS) is 10.3. The molecular weight excluding hydrogens is 387 g/mol. The molecule has 0 saturated heterocycles. The zero-order chi connectivity index (χ0) is 20.4. The molecule has 1 rings (SSSR count). The van der Waals surface area contributed by atoms with Crippen LogP contribution in [0.5, 0.6) is 0 Å². The van der Waals surface area contributed by atoms with E-state index in [0.29, 0.717) is 0 Å². The summed E-state index contributed by atoms with van der Waals surface area (Å²) in [6.45, 7) is 5.42. The number of carboxylic acid groups (broad SMARTS) is 1. The second kappa shape index (κ2) is 19.6. The predicted molar refractivity (Wildman–Crippen MR) is 107 cm³/mol. The third kappa shape index (κ3) is 17.4. The van der Waals surface area contributed by atoms with Crippen LogP contribution < -0.4 is 34.7 Å². The van der Waals surface area contributed by atoms with Gasteiger partial charge in [0, 0.05) is 0 Å². The molecule has 0 spiro atoms. The summed E-state index contributed by atoms with van der Waals surface area (Å²) >= 11 is 0. The number of hydrogen-bond donors (Lipinski definition) is 0. The maximum absolute atomic E-state index is 11.9. The Morgan fingerprint density at radius 2 is 1.39 bits per heavy atom. The Morgan fingerprint density at radius 1 is 0.964 bits per heavy atom. The van der Waals surface area contributed by atoms with Crippen molar-refractivity contribution in [3.63, 3.8) is 0 Å². The van der Waals surface area contributed by atoms with Crippen molar-refractivity contribution in [2.45, 2.75) is 76.0 Å². The van der Waals surface area contributed by atoms with Crippen molar-refractivity contribution in [1.29, 1.82) is 0 Å². The molecular formula is C21H33NaO5S. The van der Waals surface area contributed by atoms with E-state index in [0.717, 1.165) is 18.9 Å². The van der Waals surface area contributed by atoms with Crippen LogP contribution in [0.25, 0.3) is 0 Å². The Hall–Kier alpha value is -0.660. The maximum atomic E-state index is 11.9. The Kier molecular flexibility index (Phi) is 20.7.